The molecular weight excluding hydrogens is 156 g/mol. The number of hydrogen-bond donors (Lipinski definition) is 0. The summed E-state index contributed by atoms with van der Waals surface area (Å²) < 4.78 is 0. The summed E-state index contributed by atoms with van der Waals surface area (Å²) in [6.07, 6.45) is 1.54. The van der Waals surface area contributed by atoms with Gasteiger partial charge in [0.1, 0.15) is 17.5 Å². The van der Waals surface area contributed by atoms with Crippen molar-refractivity contribution < 1.29 is 14.6 Å². The van der Waals surface area contributed by atoms with Gasteiger partial charge in [0.25, 0.3) is 0 Å². The van der Waals surface area contributed by atoms with Gasteiger partial charge in [-0.25, -0.2) is 9.78 Å². The molecule has 1 aliphatic carbocycles. The molecule has 1 aliphatic heterocycles. The van der Waals surface area contributed by atoms with Gasteiger partial charge in [-0.05, 0) is 27.2 Å². The van der Waals surface area contributed by atoms with E-state index in [9.17, 15) is 4.79 Å². The lowest BCUT2D eigenvalue weighted by molar-refractivity contribution is -0.526. The molecule has 2 unspecified atom stereocenters. The topological polar surface area (TPSA) is 35.5 Å². The molecule has 0 N–H and O–H groups in total. The van der Waals surface area contributed by atoms with E-state index in [0.717, 1.165) is 6.42 Å². The van der Waals surface area contributed by atoms with Crippen LogP contribution in [0.5, 0.6) is 0 Å². The summed E-state index contributed by atoms with van der Waals surface area (Å²) in [6, 6.07) is 0. The zero-order valence-electron chi connectivity index (χ0n) is 7.72. The zero-order valence-corrected chi connectivity index (χ0v) is 7.72. The Hall–Kier alpha value is -0.410. The zero-order chi connectivity index (χ0) is 8.98. The molecule has 3 nitrogen and oxygen atoms in total. The van der Waals surface area contributed by atoms with Crippen molar-refractivity contribution in [2.75, 3.05) is 0 Å². The minimum absolute atomic E-state index is 0.116. The van der Waals surface area contributed by atoms with Crippen LogP contribution in [-0.4, -0.2) is 17.5 Å². The van der Waals surface area contributed by atoms with Crippen LogP contribution in [-0.2, 0) is 14.6 Å². The highest BCUT2D eigenvalue weighted by molar-refractivity contribution is 5.86. The van der Waals surface area contributed by atoms with Crippen LogP contribution in [0.1, 0.15) is 33.6 Å². The van der Waals surface area contributed by atoms with Gasteiger partial charge in [-0.2, -0.15) is 0 Å². The van der Waals surface area contributed by atoms with E-state index < -0.39 is 5.41 Å². The maximum atomic E-state index is 11.6. The third-order valence-electron chi connectivity index (χ3n) is 3.52. The number of fused-ring (bicyclic) bond motifs is 1. The molecule has 12 heavy (non-hydrogen) atoms. The first-order valence-electron chi connectivity index (χ1n) is 4.36. The second-order valence-corrected chi connectivity index (χ2v) is 4.36. The molecular formula is C9H14O3. The molecule has 68 valence electrons. The van der Waals surface area contributed by atoms with E-state index in [1.54, 1.807) is 0 Å². The highest BCUT2D eigenvalue weighted by Crippen LogP contribution is 2.50. The lowest BCUT2D eigenvalue weighted by atomic mass is 9.63. The first kappa shape index (κ1) is 8.20. The SMILES string of the molecule is CC1(C)C(=O)CCC2OOC21C. The number of rotatable bonds is 0. The highest BCUT2D eigenvalue weighted by atomic mass is 17.3. The first-order chi connectivity index (χ1) is 5.48. The Labute approximate surface area is 72.0 Å². The van der Waals surface area contributed by atoms with Crippen molar-refractivity contribution in [3.05, 3.63) is 0 Å². The summed E-state index contributed by atoms with van der Waals surface area (Å²) >= 11 is 0. The van der Waals surface area contributed by atoms with Gasteiger partial charge in [0.05, 0.1) is 5.41 Å². The molecule has 2 fully saturated rings. The number of ketones is 1. The second-order valence-electron chi connectivity index (χ2n) is 4.36. The summed E-state index contributed by atoms with van der Waals surface area (Å²) in [7, 11) is 0. The van der Waals surface area contributed by atoms with Crippen molar-refractivity contribution in [1.29, 1.82) is 0 Å². The molecule has 3 heteroatoms. The van der Waals surface area contributed by atoms with E-state index in [1.165, 1.54) is 0 Å². The molecule has 1 heterocycles. The molecule has 0 radical (unpaired) electrons. The van der Waals surface area contributed by atoms with Crippen molar-refractivity contribution in [1.82, 2.24) is 0 Å². The lowest BCUT2D eigenvalue weighted by Gasteiger charge is -2.55. The fourth-order valence-corrected chi connectivity index (χ4v) is 1.94. The second kappa shape index (κ2) is 2.09. The van der Waals surface area contributed by atoms with Crippen LogP contribution in [0.2, 0.25) is 0 Å². The van der Waals surface area contributed by atoms with Crippen LogP contribution in [0, 0.1) is 5.41 Å². The third kappa shape index (κ3) is 0.709. The summed E-state index contributed by atoms with van der Waals surface area (Å²) in [4.78, 5) is 21.6. The molecule has 0 spiro atoms. The Kier molecular flexibility index (Phi) is 1.43. The maximum Gasteiger partial charge on any atom is 0.142 e. The number of carbonyl (C=O) groups is 1. The fraction of sp³-hybridized carbons (Fsp3) is 0.889. The van der Waals surface area contributed by atoms with E-state index in [4.69, 9.17) is 9.78 Å². The minimum atomic E-state index is -0.395. The van der Waals surface area contributed by atoms with E-state index in [2.05, 4.69) is 0 Å². The van der Waals surface area contributed by atoms with Gasteiger partial charge in [-0.3, -0.25) is 4.79 Å². The molecule has 2 rings (SSSR count). The highest BCUT2D eigenvalue weighted by Gasteiger charge is 2.62. The molecule has 0 bridgehead atoms. The van der Waals surface area contributed by atoms with Crippen molar-refractivity contribution in [2.24, 2.45) is 5.41 Å². The van der Waals surface area contributed by atoms with Gasteiger partial charge in [0, 0.05) is 6.42 Å². The molecule has 2 aliphatic rings. The van der Waals surface area contributed by atoms with Gasteiger partial charge in [-0.15, -0.1) is 0 Å². The Morgan fingerprint density at radius 2 is 2.08 bits per heavy atom. The molecule has 2 atom stereocenters. The molecule has 0 aromatic rings. The summed E-state index contributed by atoms with van der Waals surface area (Å²) in [5, 5.41) is 0. The van der Waals surface area contributed by atoms with Crippen LogP contribution < -0.4 is 0 Å². The molecule has 0 aromatic heterocycles. The fourth-order valence-electron chi connectivity index (χ4n) is 1.94. The Morgan fingerprint density at radius 1 is 1.42 bits per heavy atom. The van der Waals surface area contributed by atoms with E-state index >= 15 is 0 Å². The molecule has 0 amide bonds. The summed E-state index contributed by atoms with van der Waals surface area (Å²) in [6.45, 7) is 5.83. The Balaban J connectivity index is 2.33. The predicted molar refractivity (Wildman–Crippen MR) is 42.4 cm³/mol. The van der Waals surface area contributed by atoms with Crippen LogP contribution in [0.3, 0.4) is 0 Å². The smallest absolute Gasteiger partial charge is 0.142 e. The average Bonchev–Trinajstić information content (AvgIpc) is 1.98. The standard InChI is InChI=1S/C9H14O3/c1-8(2)6(10)4-5-7-9(8,3)12-11-7/h7H,4-5H2,1-3H3. The molecule has 0 aromatic carbocycles. The monoisotopic (exact) mass is 170 g/mol. The molecule has 1 saturated heterocycles. The molecule has 1 saturated carbocycles. The Morgan fingerprint density at radius 3 is 2.50 bits per heavy atom. The normalized spacial score (nSPS) is 44.9. The van der Waals surface area contributed by atoms with Crippen LogP contribution in [0.15, 0.2) is 0 Å². The number of hydrogen-bond acceptors (Lipinski definition) is 3. The van der Waals surface area contributed by atoms with Crippen LogP contribution >= 0.6 is 0 Å². The van der Waals surface area contributed by atoms with Gasteiger partial charge in [-0.1, -0.05) is 0 Å². The maximum absolute atomic E-state index is 11.6. The van der Waals surface area contributed by atoms with Gasteiger partial charge < -0.3 is 0 Å². The van der Waals surface area contributed by atoms with E-state index in [0.29, 0.717) is 6.42 Å². The minimum Gasteiger partial charge on any atom is -0.299 e. The van der Waals surface area contributed by atoms with Gasteiger partial charge in [0.15, 0.2) is 0 Å². The van der Waals surface area contributed by atoms with Crippen LogP contribution in [0.4, 0.5) is 0 Å². The van der Waals surface area contributed by atoms with Crippen molar-refractivity contribution in [3.8, 4) is 0 Å². The first-order valence-corrected chi connectivity index (χ1v) is 4.36. The van der Waals surface area contributed by atoms with Crippen molar-refractivity contribution in [2.45, 2.75) is 45.3 Å². The predicted octanol–water partition coefficient (Wildman–Crippen LogP) is 1.46. The Bertz CT molecular complexity index is 234. The van der Waals surface area contributed by atoms with Crippen LogP contribution in [0.25, 0.3) is 0 Å². The van der Waals surface area contributed by atoms with Crippen molar-refractivity contribution in [3.63, 3.8) is 0 Å². The average molecular weight is 170 g/mol. The third-order valence-corrected chi connectivity index (χ3v) is 3.52. The van der Waals surface area contributed by atoms with Crippen molar-refractivity contribution >= 4 is 5.78 Å². The summed E-state index contributed by atoms with van der Waals surface area (Å²) in [5.74, 6) is 0.282. The van der Waals surface area contributed by atoms with E-state index in [1.807, 2.05) is 20.8 Å². The lowest BCUT2D eigenvalue weighted by Crippen LogP contribution is -2.67. The number of carbonyl (C=O) groups excluding carboxylic acids is 1. The largest absolute Gasteiger partial charge is 0.299 e. The number of Topliss-reactive ketones (excluding diaryl/α,β-unsaturated/α-hetero) is 1. The van der Waals surface area contributed by atoms with Gasteiger partial charge in [0.2, 0.25) is 0 Å². The summed E-state index contributed by atoms with van der Waals surface area (Å²) in [5.41, 5.74) is -0.781. The quantitative estimate of drug-likeness (QED) is 0.516. The van der Waals surface area contributed by atoms with Gasteiger partial charge >= 0.3 is 0 Å². The van der Waals surface area contributed by atoms with E-state index in [-0.39, 0.29) is 17.5 Å².